The van der Waals surface area contributed by atoms with Gasteiger partial charge in [-0.3, -0.25) is 19.1 Å². The van der Waals surface area contributed by atoms with Crippen molar-refractivity contribution in [2.75, 3.05) is 13.7 Å². The lowest BCUT2D eigenvalue weighted by molar-refractivity contribution is -0.197. The van der Waals surface area contributed by atoms with Crippen LogP contribution < -0.4 is 24.8 Å². The number of alkyl carbamates (subject to hydrolysis) is 1. The van der Waals surface area contributed by atoms with Crippen molar-refractivity contribution >= 4 is 44.6 Å². The van der Waals surface area contributed by atoms with Crippen LogP contribution in [0, 0.1) is 23.6 Å². The standard InChI is InChI=1S/C39H49F4N5O9S/c1-6-23-15-21(2)9-7-8-10-24-18-38(24,35(51)47-58(53,54)37(4)13-14-37)46-32(49)29-17-26(57-33-28-16-25(40)11-12-27(28)30(55-5)19-44-33)20-48(29)34(50)31(23)45-36(52)56-22(3)39(41,42)43/h8,10-12,16,19,21-24,26,29,31H,6-7,9,13-15,17-18,20H2,1-5H3,(H,45,52)(H,46,49)(H,47,51)/t21-,22-,23-,24-,26-,29+,31+,38-/m1/s1. The first-order valence-electron chi connectivity index (χ1n) is 19.4. The van der Waals surface area contributed by atoms with Crippen molar-refractivity contribution in [2.45, 2.75) is 120 Å². The van der Waals surface area contributed by atoms with Crippen LogP contribution in [0.3, 0.4) is 0 Å². The summed E-state index contributed by atoms with van der Waals surface area (Å²) in [6.07, 6.45) is -2.49. The third-order valence-corrected chi connectivity index (χ3v) is 14.1. The second-order valence-electron chi connectivity index (χ2n) is 16.2. The SMILES string of the molecule is CC[C@@H]1C[C@H](C)CCC=C[C@@H]2C[C@@]2(C(=O)NS(=O)(=O)C2(C)CC2)NC(=O)[C@@H]2C[C@@H](Oc3ncc(OC)c4ccc(F)cc34)CN2C(=O)[C@H]1NC(=O)O[C@H](C)C(F)(F)F. The van der Waals surface area contributed by atoms with E-state index in [2.05, 4.69) is 25.1 Å². The Morgan fingerprint density at radius 1 is 1.16 bits per heavy atom. The van der Waals surface area contributed by atoms with Gasteiger partial charge in [0.1, 0.15) is 35.3 Å². The van der Waals surface area contributed by atoms with Crippen molar-refractivity contribution in [3.8, 4) is 11.6 Å². The molecular weight excluding hydrogens is 791 g/mol. The number of methoxy groups -OCH3 is 1. The van der Waals surface area contributed by atoms with Gasteiger partial charge in [-0.25, -0.2) is 22.6 Å². The Morgan fingerprint density at radius 2 is 1.88 bits per heavy atom. The summed E-state index contributed by atoms with van der Waals surface area (Å²) in [4.78, 5) is 61.7. The average molecular weight is 840 g/mol. The number of nitrogens with zero attached hydrogens (tertiary/aromatic N) is 2. The molecule has 0 bridgehead atoms. The summed E-state index contributed by atoms with van der Waals surface area (Å²) in [7, 11) is -2.69. The number of nitrogens with one attached hydrogen (secondary N) is 3. The summed E-state index contributed by atoms with van der Waals surface area (Å²) in [5.74, 6) is -4.15. The van der Waals surface area contributed by atoms with Crippen LogP contribution in [0.5, 0.6) is 11.6 Å². The van der Waals surface area contributed by atoms with Crippen LogP contribution in [0.25, 0.3) is 10.8 Å². The Kier molecular flexibility index (Phi) is 12.0. The summed E-state index contributed by atoms with van der Waals surface area (Å²) in [6, 6.07) is 1.04. The van der Waals surface area contributed by atoms with E-state index < -0.39 is 92.2 Å². The van der Waals surface area contributed by atoms with Crippen molar-refractivity contribution in [3.63, 3.8) is 0 Å². The molecule has 19 heteroatoms. The fraction of sp³-hybridized carbons (Fsp3) is 0.615. The summed E-state index contributed by atoms with van der Waals surface area (Å²) < 4.78 is 98.4. The fourth-order valence-electron chi connectivity index (χ4n) is 7.78. The van der Waals surface area contributed by atoms with E-state index in [4.69, 9.17) is 9.47 Å². The second-order valence-corrected chi connectivity index (χ2v) is 18.4. The monoisotopic (exact) mass is 839 g/mol. The molecule has 8 atom stereocenters. The van der Waals surface area contributed by atoms with Gasteiger partial charge >= 0.3 is 12.3 Å². The predicted molar refractivity (Wildman–Crippen MR) is 201 cm³/mol. The zero-order chi connectivity index (χ0) is 42.4. The van der Waals surface area contributed by atoms with Crippen LogP contribution in [-0.4, -0.2) is 96.5 Å². The molecule has 4 amide bonds. The molecule has 3 N–H and O–H groups in total. The van der Waals surface area contributed by atoms with E-state index in [0.717, 1.165) is 4.90 Å². The van der Waals surface area contributed by atoms with Crippen LogP contribution in [0.4, 0.5) is 22.4 Å². The smallest absolute Gasteiger partial charge is 0.425 e. The van der Waals surface area contributed by atoms with Gasteiger partial charge in [-0.2, -0.15) is 13.2 Å². The molecule has 0 spiro atoms. The van der Waals surface area contributed by atoms with Gasteiger partial charge in [-0.05, 0) is 82.4 Å². The zero-order valence-electron chi connectivity index (χ0n) is 32.9. The largest absolute Gasteiger partial charge is 0.494 e. The molecule has 2 aliphatic heterocycles. The number of allylic oxidation sites excluding steroid dienone is 1. The molecule has 2 aliphatic carbocycles. The first-order chi connectivity index (χ1) is 27.2. The highest BCUT2D eigenvalue weighted by molar-refractivity contribution is 7.91. The van der Waals surface area contributed by atoms with Crippen LogP contribution >= 0.6 is 0 Å². The summed E-state index contributed by atoms with van der Waals surface area (Å²) in [5, 5.41) is 5.82. The number of halogens is 4. The lowest BCUT2D eigenvalue weighted by Crippen LogP contribution is -2.59. The first kappa shape index (κ1) is 42.9. The highest BCUT2D eigenvalue weighted by Gasteiger charge is 2.63. The number of alkyl halides is 3. The minimum atomic E-state index is -4.88. The maximum atomic E-state index is 14.8. The number of pyridine rings is 1. The number of carbonyl (C=O) groups is 4. The maximum absolute atomic E-state index is 14.8. The number of hydrogen-bond acceptors (Lipinski definition) is 10. The van der Waals surface area contributed by atoms with Crippen molar-refractivity contribution in [1.82, 2.24) is 25.2 Å². The van der Waals surface area contributed by atoms with Gasteiger partial charge < -0.3 is 29.7 Å². The van der Waals surface area contributed by atoms with Gasteiger partial charge in [-0.1, -0.05) is 32.4 Å². The Bertz CT molecular complexity index is 2080. The Labute approximate surface area is 333 Å². The van der Waals surface area contributed by atoms with E-state index in [1.165, 1.54) is 38.4 Å². The number of rotatable bonds is 9. The number of aromatic nitrogens is 1. The molecule has 3 fully saturated rings. The summed E-state index contributed by atoms with van der Waals surface area (Å²) >= 11 is 0. The second kappa shape index (κ2) is 16.2. The molecule has 1 aromatic carbocycles. The molecule has 4 aliphatic rings. The van der Waals surface area contributed by atoms with Gasteiger partial charge in [0, 0.05) is 17.7 Å². The molecule has 1 saturated heterocycles. The minimum absolute atomic E-state index is 0.0439. The molecule has 0 radical (unpaired) electrons. The van der Waals surface area contributed by atoms with E-state index in [9.17, 15) is 45.2 Å². The number of benzene rings is 1. The number of amides is 4. The van der Waals surface area contributed by atoms with Crippen molar-refractivity contribution in [2.24, 2.45) is 17.8 Å². The molecule has 14 nitrogen and oxygen atoms in total. The fourth-order valence-corrected chi connectivity index (χ4v) is 9.09. The van der Waals surface area contributed by atoms with E-state index in [1.54, 1.807) is 13.0 Å². The molecule has 58 heavy (non-hydrogen) atoms. The van der Waals surface area contributed by atoms with Gasteiger partial charge in [0.2, 0.25) is 27.7 Å². The lowest BCUT2D eigenvalue weighted by atomic mass is 9.85. The molecule has 0 unspecified atom stereocenters. The van der Waals surface area contributed by atoms with Crippen molar-refractivity contribution in [1.29, 1.82) is 0 Å². The molecule has 3 heterocycles. The van der Waals surface area contributed by atoms with E-state index in [-0.39, 0.29) is 36.6 Å². The summed E-state index contributed by atoms with van der Waals surface area (Å²) in [5.41, 5.74) is -1.68. The van der Waals surface area contributed by atoms with E-state index >= 15 is 0 Å². The molecule has 2 saturated carbocycles. The van der Waals surface area contributed by atoms with Gasteiger partial charge in [0.25, 0.3) is 5.91 Å². The topological polar surface area (TPSA) is 182 Å². The Hall–Kier alpha value is -4.68. The van der Waals surface area contributed by atoms with E-state index in [1.807, 2.05) is 13.0 Å². The average Bonchev–Trinajstić information content (AvgIpc) is 4.04. The molecule has 2 aromatic rings. The maximum Gasteiger partial charge on any atom is 0.425 e. The first-order valence-corrected chi connectivity index (χ1v) is 20.9. The number of carbonyl (C=O) groups excluding carboxylic acids is 4. The molecule has 318 valence electrons. The van der Waals surface area contributed by atoms with Crippen LogP contribution in [0.15, 0.2) is 36.5 Å². The normalized spacial score (nSPS) is 29.2. The lowest BCUT2D eigenvalue weighted by Gasteiger charge is -2.34. The van der Waals surface area contributed by atoms with E-state index in [0.29, 0.717) is 56.6 Å². The third kappa shape index (κ3) is 8.83. The number of sulfonamides is 1. The molecule has 1 aromatic heterocycles. The van der Waals surface area contributed by atoms with Gasteiger partial charge in [0.15, 0.2) is 6.10 Å². The van der Waals surface area contributed by atoms with Crippen molar-refractivity contribution in [3.05, 3.63) is 42.4 Å². The minimum Gasteiger partial charge on any atom is -0.494 e. The number of fused-ring (bicyclic) bond motifs is 3. The number of hydrogen-bond donors (Lipinski definition) is 3. The van der Waals surface area contributed by atoms with Crippen molar-refractivity contribution < 1.29 is 59.4 Å². The Morgan fingerprint density at radius 3 is 2.53 bits per heavy atom. The number of ether oxygens (including phenoxy) is 3. The summed E-state index contributed by atoms with van der Waals surface area (Å²) in [6.45, 7) is 5.58. The molecular formula is C39H49F4N5O9S. The Balaban J connectivity index is 1.37. The van der Waals surface area contributed by atoms with Gasteiger partial charge in [0.05, 0.1) is 30.0 Å². The van der Waals surface area contributed by atoms with Gasteiger partial charge in [-0.15, -0.1) is 0 Å². The zero-order valence-corrected chi connectivity index (χ0v) is 33.7. The van der Waals surface area contributed by atoms with Crippen LogP contribution in [0.1, 0.15) is 79.1 Å². The highest BCUT2D eigenvalue weighted by atomic mass is 32.2. The van der Waals surface area contributed by atoms with Crippen LogP contribution in [-0.2, 0) is 29.1 Å². The third-order valence-electron chi connectivity index (χ3n) is 11.9. The molecule has 6 rings (SSSR count). The van der Waals surface area contributed by atoms with Crippen LogP contribution in [0.2, 0.25) is 0 Å². The highest BCUT2D eigenvalue weighted by Crippen LogP contribution is 2.48. The predicted octanol–water partition coefficient (Wildman–Crippen LogP) is 5.05. The quantitative estimate of drug-likeness (QED) is 0.228.